The molecule has 0 spiro atoms. The molecule has 3 rings (SSSR count). The number of nitriles is 2. The van der Waals surface area contributed by atoms with Crippen LogP contribution in [0.5, 0.6) is 0 Å². The Morgan fingerprint density at radius 1 is 1.17 bits per heavy atom. The second-order valence-corrected chi connectivity index (χ2v) is 5.32. The maximum atomic E-state index is 13.3. The van der Waals surface area contributed by atoms with Crippen LogP contribution in [0.15, 0.2) is 46.9 Å². The van der Waals surface area contributed by atoms with Gasteiger partial charge < -0.3 is 5.32 Å². The van der Waals surface area contributed by atoms with Gasteiger partial charge in [-0.1, -0.05) is 6.07 Å². The average Bonchev–Trinajstić information content (AvgIpc) is 3.00. The van der Waals surface area contributed by atoms with E-state index < -0.39 is 23.4 Å². The third-order valence-corrected chi connectivity index (χ3v) is 3.89. The van der Waals surface area contributed by atoms with Crippen molar-refractivity contribution in [1.82, 2.24) is 15.5 Å². The molecule has 0 radical (unpaired) electrons. The molecule has 1 atom stereocenters. The third kappa shape index (κ3) is 2.38. The van der Waals surface area contributed by atoms with Gasteiger partial charge in [-0.05, 0) is 24.6 Å². The number of hydrogen-bond acceptors (Lipinski definition) is 4. The highest BCUT2D eigenvalue weighted by atomic mass is 19.4. The van der Waals surface area contributed by atoms with Crippen LogP contribution in [0.25, 0.3) is 10.9 Å². The molecule has 120 valence electrons. The van der Waals surface area contributed by atoms with Crippen LogP contribution in [-0.2, 0) is 0 Å². The van der Waals surface area contributed by atoms with E-state index in [0.29, 0.717) is 16.5 Å². The van der Waals surface area contributed by atoms with Crippen molar-refractivity contribution in [2.45, 2.75) is 19.0 Å². The molecule has 1 aliphatic rings. The molecule has 24 heavy (non-hydrogen) atoms. The summed E-state index contributed by atoms with van der Waals surface area (Å²) in [5, 5.41) is 28.2. The summed E-state index contributed by atoms with van der Waals surface area (Å²) in [6.45, 7) is 1.39. The maximum absolute atomic E-state index is 13.3. The van der Waals surface area contributed by atoms with Crippen LogP contribution < -0.4 is 5.32 Å². The van der Waals surface area contributed by atoms with Gasteiger partial charge in [0.05, 0.1) is 40.9 Å². The van der Waals surface area contributed by atoms with Gasteiger partial charge in [0, 0.05) is 11.1 Å². The van der Waals surface area contributed by atoms with E-state index in [0.717, 1.165) is 0 Å². The Morgan fingerprint density at radius 3 is 2.50 bits per heavy atom. The van der Waals surface area contributed by atoms with Crippen molar-refractivity contribution in [3.63, 3.8) is 0 Å². The van der Waals surface area contributed by atoms with Crippen LogP contribution >= 0.6 is 0 Å². The van der Waals surface area contributed by atoms with Crippen molar-refractivity contribution in [1.29, 1.82) is 10.5 Å². The predicted molar refractivity (Wildman–Crippen MR) is 79.0 cm³/mol. The Kier molecular flexibility index (Phi) is 3.53. The zero-order valence-electron chi connectivity index (χ0n) is 12.4. The lowest BCUT2D eigenvalue weighted by atomic mass is 9.81. The normalized spacial score (nSPS) is 18.3. The molecule has 2 N–H and O–H groups in total. The van der Waals surface area contributed by atoms with Crippen LogP contribution in [-0.4, -0.2) is 16.4 Å². The minimum Gasteiger partial charge on any atom is -0.353 e. The number of allylic oxidation sites excluding steroid dienone is 4. The van der Waals surface area contributed by atoms with Gasteiger partial charge in [-0.15, -0.1) is 0 Å². The van der Waals surface area contributed by atoms with Crippen molar-refractivity contribution in [3.8, 4) is 12.1 Å². The summed E-state index contributed by atoms with van der Waals surface area (Å²) in [4.78, 5) is 0. The first-order valence-electron chi connectivity index (χ1n) is 6.89. The first kappa shape index (κ1) is 15.6. The molecule has 2 heterocycles. The van der Waals surface area contributed by atoms with Crippen molar-refractivity contribution >= 4 is 10.9 Å². The zero-order valence-corrected chi connectivity index (χ0v) is 12.4. The fourth-order valence-corrected chi connectivity index (χ4v) is 2.79. The molecule has 2 aromatic rings. The number of dihydropyridines is 1. The molecule has 1 aromatic carbocycles. The molecule has 0 fully saturated rings. The average molecular weight is 329 g/mol. The lowest BCUT2D eigenvalue weighted by Crippen LogP contribution is -2.33. The van der Waals surface area contributed by atoms with E-state index in [-0.39, 0.29) is 11.3 Å². The minimum atomic E-state index is -4.72. The van der Waals surface area contributed by atoms with Crippen LogP contribution in [0.4, 0.5) is 13.2 Å². The predicted octanol–water partition coefficient (Wildman–Crippen LogP) is 3.39. The summed E-state index contributed by atoms with van der Waals surface area (Å²) < 4.78 is 39.8. The van der Waals surface area contributed by atoms with Gasteiger partial charge in [0.15, 0.2) is 0 Å². The molecule has 0 saturated heterocycles. The number of H-pyrrole nitrogens is 1. The Hall–Kier alpha value is -3.26. The summed E-state index contributed by atoms with van der Waals surface area (Å²) in [5.74, 6) is -1.07. The van der Waals surface area contributed by atoms with E-state index in [2.05, 4.69) is 15.5 Å². The van der Waals surface area contributed by atoms with Gasteiger partial charge in [-0.2, -0.15) is 28.8 Å². The summed E-state index contributed by atoms with van der Waals surface area (Å²) in [5.41, 5.74) is -0.333. The summed E-state index contributed by atoms with van der Waals surface area (Å²) >= 11 is 0. The molecular formula is C16H10F3N5. The highest BCUT2D eigenvalue weighted by Crippen LogP contribution is 2.42. The number of alkyl halides is 3. The number of rotatable bonds is 1. The Bertz CT molecular complexity index is 966. The minimum absolute atomic E-state index is 0.0844. The molecule has 0 aliphatic carbocycles. The van der Waals surface area contributed by atoms with Gasteiger partial charge >= 0.3 is 6.18 Å². The molecule has 1 aromatic heterocycles. The second-order valence-electron chi connectivity index (χ2n) is 5.32. The number of hydrogen-bond donors (Lipinski definition) is 2. The number of benzene rings is 1. The number of nitrogens with one attached hydrogen (secondary N) is 2. The highest BCUT2D eigenvalue weighted by molar-refractivity contribution is 5.79. The molecule has 1 aliphatic heterocycles. The van der Waals surface area contributed by atoms with E-state index in [1.807, 2.05) is 6.07 Å². The largest absolute Gasteiger partial charge is 0.432 e. The smallest absolute Gasteiger partial charge is 0.353 e. The first-order chi connectivity index (χ1) is 11.4. The zero-order chi connectivity index (χ0) is 17.5. The molecule has 0 saturated carbocycles. The number of aromatic nitrogens is 2. The van der Waals surface area contributed by atoms with E-state index in [1.54, 1.807) is 24.3 Å². The molecule has 0 bridgehead atoms. The lowest BCUT2D eigenvalue weighted by molar-refractivity contribution is -0.0969. The van der Waals surface area contributed by atoms with Crippen LogP contribution in [0.1, 0.15) is 18.4 Å². The summed E-state index contributed by atoms with van der Waals surface area (Å²) in [7, 11) is 0. The Morgan fingerprint density at radius 2 is 1.88 bits per heavy atom. The summed E-state index contributed by atoms with van der Waals surface area (Å²) in [6.07, 6.45) is -3.19. The highest BCUT2D eigenvalue weighted by Gasteiger charge is 2.43. The number of fused-ring (bicyclic) bond motifs is 1. The van der Waals surface area contributed by atoms with Gasteiger partial charge in [-0.25, -0.2) is 0 Å². The Balaban J connectivity index is 2.26. The van der Waals surface area contributed by atoms with Gasteiger partial charge in [0.25, 0.3) is 0 Å². The number of halogens is 3. The monoisotopic (exact) mass is 329 g/mol. The maximum Gasteiger partial charge on any atom is 0.432 e. The topological polar surface area (TPSA) is 88.3 Å². The quantitative estimate of drug-likeness (QED) is 0.839. The molecule has 5 nitrogen and oxygen atoms in total. The van der Waals surface area contributed by atoms with Crippen molar-refractivity contribution in [2.24, 2.45) is 0 Å². The van der Waals surface area contributed by atoms with E-state index >= 15 is 0 Å². The van der Waals surface area contributed by atoms with Crippen LogP contribution in [0.2, 0.25) is 0 Å². The Labute approximate surface area is 134 Å². The molecule has 1 unspecified atom stereocenters. The number of nitrogens with zero attached hydrogens (tertiary/aromatic N) is 3. The van der Waals surface area contributed by atoms with Crippen molar-refractivity contribution in [3.05, 3.63) is 52.5 Å². The van der Waals surface area contributed by atoms with Crippen LogP contribution in [0, 0.1) is 22.7 Å². The van der Waals surface area contributed by atoms with E-state index in [1.165, 1.54) is 13.1 Å². The van der Waals surface area contributed by atoms with Gasteiger partial charge in [-0.3, -0.25) is 5.10 Å². The van der Waals surface area contributed by atoms with E-state index in [4.69, 9.17) is 0 Å². The van der Waals surface area contributed by atoms with Crippen molar-refractivity contribution < 1.29 is 13.2 Å². The second kappa shape index (κ2) is 5.43. The third-order valence-electron chi connectivity index (χ3n) is 3.89. The van der Waals surface area contributed by atoms with Gasteiger partial charge in [0.1, 0.15) is 5.70 Å². The van der Waals surface area contributed by atoms with Crippen LogP contribution in [0.3, 0.4) is 0 Å². The molecule has 0 amide bonds. The molecule has 8 heteroatoms. The molecular weight excluding hydrogens is 319 g/mol. The summed E-state index contributed by atoms with van der Waals surface area (Å²) in [6, 6.07) is 8.42. The first-order valence-corrected chi connectivity index (χ1v) is 6.89. The number of aromatic amines is 1. The van der Waals surface area contributed by atoms with E-state index in [9.17, 15) is 23.7 Å². The lowest BCUT2D eigenvalue weighted by Gasteiger charge is -2.28. The standard InChI is InChI=1S/C16H10F3N5/c1-8-11(5-20)14(12(6-21)15(23-8)16(17,18)19)9-2-3-13-10(4-9)7-22-24-13/h2-4,7,14,23H,1H3,(H,22,24). The SMILES string of the molecule is CC1=C(C#N)C(c2ccc3[nH]ncc3c2)C(C#N)=C(C(F)(F)F)N1. The fourth-order valence-electron chi connectivity index (χ4n) is 2.79. The van der Waals surface area contributed by atoms with Crippen molar-refractivity contribution in [2.75, 3.05) is 0 Å². The van der Waals surface area contributed by atoms with Gasteiger partial charge in [0.2, 0.25) is 0 Å². The fraction of sp³-hybridized carbons (Fsp3) is 0.188.